The van der Waals surface area contributed by atoms with Gasteiger partial charge in [-0.25, -0.2) is 15.0 Å². The molecular formula is C16H23N7O2. The highest BCUT2D eigenvalue weighted by atomic mass is 16.5. The van der Waals surface area contributed by atoms with Crippen LogP contribution >= 0.6 is 0 Å². The third-order valence-electron chi connectivity index (χ3n) is 4.96. The number of ether oxygens (including phenoxy) is 1. The van der Waals surface area contributed by atoms with Crippen molar-refractivity contribution in [2.45, 2.75) is 31.0 Å². The number of hydrogen-bond donors (Lipinski definition) is 2. The number of imidazole rings is 1. The predicted molar refractivity (Wildman–Crippen MR) is 92.1 cm³/mol. The molecule has 4 rings (SSSR count). The van der Waals surface area contributed by atoms with E-state index in [1.807, 2.05) is 0 Å². The molecule has 2 saturated heterocycles. The van der Waals surface area contributed by atoms with Crippen molar-refractivity contribution < 1.29 is 9.53 Å². The second-order valence-electron chi connectivity index (χ2n) is 6.96. The van der Waals surface area contributed by atoms with Crippen molar-refractivity contribution in [2.24, 2.45) is 0 Å². The van der Waals surface area contributed by atoms with Crippen LogP contribution < -0.4 is 5.32 Å². The van der Waals surface area contributed by atoms with Crippen molar-refractivity contribution >= 4 is 22.9 Å². The van der Waals surface area contributed by atoms with E-state index in [4.69, 9.17) is 4.74 Å². The van der Waals surface area contributed by atoms with Crippen molar-refractivity contribution in [1.29, 1.82) is 0 Å². The number of anilines is 1. The van der Waals surface area contributed by atoms with E-state index in [1.54, 1.807) is 25.3 Å². The average Bonchev–Trinajstić information content (AvgIpc) is 3.21. The van der Waals surface area contributed by atoms with Gasteiger partial charge in [0.05, 0.1) is 25.5 Å². The van der Waals surface area contributed by atoms with Gasteiger partial charge in [-0.2, -0.15) is 0 Å². The van der Waals surface area contributed by atoms with Crippen molar-refractivity contribution in [3.63, 3.8) is 0 Å². The number of H-pyrrole nitrogens is 1. The lowest BCUT2D eigenvalue weighted by Crippen LogP contribution is -2.47. The molecule has 0 unspecified atom stereocenters. The number of carbonyl (C=O) groups excluding carboxylic acids is 1. The SMILES string of the molecule is CN(C)C(=O)C[C@H]1CN2C[C@H](Nc3ncnc4nc[nH]c34)C[C@H]2CO1. The van der Waals surface area contributed by atoms with Gasteiger partial charge in [0.15, 0.2) is 11.5 Å². The minimum absolute atomic E-state index is 0.0248. The molecule has 9 nitrogen and oxygen atoms in total. The number of fused-ring (bicyclic) bond motifs is 2. The van der Waals surface area contributed by atoms with Crippen molar-refractivity contribution in [3.8, 4) is 0 Å². The number of amides is 1. The summed E-state index contributed by atoms with van der Waals surface area (Å²) in [6, 6.07) is 0.681. The Kier molecular flexibility index (Phi) is 4.26. The molecule has 0 aliphatic carbocycles. The minimum atomic E-state index is -0.0248. The normalized spacial score (nSPS) is 26.6. The smallest absolute Gasteiger partial charge is 0.224 e. The van der Waals surface area contributed by atoms with Crippen molar-refractivity contribution in [2.75, 3.05) is 39.1 Å². The van der Waals surface area contributed by atoms with Crippen LogP contribution in [0.15, 0.2) is 12.7 Å². The first-order chi connectivity index (χ1) is 12.1. The Morgan fingerprint density at radius 2 is 2.28 bits per heavy atom. The van der Waals surface area contributed by atoms with Crippen LogP contribution in [0.2, 0.25) is 0 Å². The molecule has 0 aromatic carbocycles. The molecule has 2 aliphatic heterocycles. The van der Waals surface area contributed by atoms with Gasteiger partial charge >= 0.3 is 0 Å². The Hall–Kier alpha value is -2.26. The summed E-state index contributed by atoms with van der Waals surface area (Å²) < 4.78 is 5.91. The maximum Gasteiger partial charge on any atom is 0.224 e. The Labute approximate surface area is 145 Å². The molecule has 0 saturated carbocycles. The molecule has 25 heavy (non-hydrogen) atoms. The van der Waals surface area contributed by atoms with Crippen LogP contribution in [0.4, 0.5) is 5.82 Å². The summed E-state index contributed by atoms with van der Waals surface area (Å²) in [7, 11) is 3.56. The quantitative estimate of drug-likeness (QED) is 0.810. The fraction of sp³-hybridized carbons (Fsp3) is 0.625. The second kappa shape index (κ2) is 6.57. The lowest BCUT2D eigenvalue weighted by atomic mass is 10.1. The van der Waals surface area contributed by atoms with Crippen LogP contribution in [0.5, 0.6) is 0 Å². The first-order valence-electron chi connectivity index (χ1n) is 8.56. The highest BCUT2D eigenvalue weighted by molar-refractivity contribution is 5.82. The van der Waals surface area contributed by atoms with Crippen LogP contribution in [0.25, 0.3) is 11.2 Å². The molecular weight excluding hydrogens is 322 g/mol. The van der Waals surface area contributed by atoms with E-state index >= 15 is 0 Å². The zero-order valence-corrected chi connectivity index (χ0v) is 14.5. The second-order valence-corrected chi connectivity index (χ2v) is 6.96. The summed E-state index contributed by atoms with van der Waals surface area (Å²) in [5.74, 6) is 0.896. The first-order valence-corrected chi connectivity index (χ1v) is 8.56. The zero-order chi connectivity index (χ0) is 17.4. The predicted octanol–water partition coefficient (Wildman–Crippen LogP) is 0.0848. The third-order valence-corrected chi connectivity index (χ3v) is 4.96. The van der Waals surface area contributed by atoms with Gasteiger partial charge in [-0.05, 0) is 6.42 Å². The van der Waals surface area contributed by atoms with Gasteiger partial charge < -0.3 is 19.9 Å². The largest absolute Gasteiger partial charge is 0.375 e. The van der Waals surface area contributed by atoms with Gasteiger partial charge in [-0.15, -0.1) is 0 Å². The van der Waals surface area contributed by atoms with Crippen LogP contribution in [0, 0.1) is 0 Å². The molecule has 1 amide bonds. The fourth-order valence-corrected chi connectivity index (χ4v) is 3.62. The topological polar surface area (TPSA) is 99.3 Å². The fourth-order valence-electron chi connectivity index (χ4n) is 3.62. The van der Waals surface area contributed by atoms with E-state index in [0.717, 1.165) is 30.8 Å². The molecule has 0 spiro atoms. The van der Waals surface area contributed by atoms with Gasteiger partial charge in [0.2, 0.25) is 5.91 Å². The van der Waals surface area contributed by atoms with Crippen molar-refractivity contribution in [1.82, 2.24) is 29.7 Å². The summed E-state index contributed by atoms with van der Waals surface area (Å²) in [6.45, 7) is 2.39. The van der Waals surface area contributed by atoms with E-state index in [0.29, 0.717) is 30.8 Å². The number of nitrogens with zero attached hydrogens (tertiary/aromatic N) is 5. The van der Waals surface area contributed by atoms with Gasteiger partial charge in [0.1, 0.15) is 11.8 Å². The monoisotopic (exact) mass is 345 g/mol. The molecule has 0 radical (unpaired) electrons. The molecule has 3 atom stereocenters. The van der Waals surface area contributed by atoms with E-state index < -0.39 is 0 Å². The molecule has 2 aromatic heterocycles. The van der Waals surface area contributed by atoms with Gasteiger partial charge in [-0.1, -0.05) is 0 Å². The molecule has 9 heteroatoms. The lowest BCUT2D eigenvalue weighted by Gasteiger charge is -2.35. The molecule has 2 aliphatic rings. The molecule has 2 N–H and O–H groups in total. The molecule has 0 bridgehead atoms. The first kappa shape index (κ1) is 16.2. The highest BCUT2D eigenvalue weighted by Crippen LogP contribution is 2.27. The van der Waals surface area contributed by atoms with Gasteiger partial charge in [0, 0.05) is 39.3 Å². The molecule has 134 valence electrons. The number of aromatic nitrogens is 4. The summed E-state index contributed by atoms with van der Waals surface area (Å²) >= 11 is 0. The number of rotatable bonds is 4. The minimum Gasteiger partial charge on any atom is -0.375 e. The number of hydrogen-bond acceptors (Lipinski definition) is 7. The van der Waals surface area contributed by atoms with E-state index in [2.05, 4.69) is 30.2 Å². The number of nitrogens with one attached hydrogen (secondary N) is 2. The molecule has 2 aromatic rings. The maximum atomic E-state index is 11.9. The standard InChI is InChI=1S/C16H23N7O2/c1-22(2)13(24)4-12-6-23-5-10(3-11(23)7-25-12)21-16-14-15(18-8-17-14)19-9-20-16/h8-12H,3-7H2,1-2H3,(H2,17,18,19,20,21)/t10-,11+,12+/m1/s1. The van der Waals surface area contributed by atoms with E-state index in [9.17, 15) is 4.79 Å². The molecule has 2 fully saturated rings. The third kappa shape index (κ3) is 3.29. The highest BCUT2D eigenvalue weighted by Gasteiger charge is 2.38. The Bertz CT molecular complexity index is 762. The number of aromatic amines is 1. The van der Waals surface area contributed by atoms with Gasteiger partial charge in [0.25, 0.3) is 0 Å². The summed E-state index contributed by atoms with van der Waals surface area (Å²) in [6.07, 6.45) is 4.56. The Morgan fingerprint density at radius 3 is 3.12 bits per heavy atom. The van der Waals surface area contributed by atoms with Crippen LogP contribution in [-0.2, 0) is 9.53 Å². The van der Waals surface area contributed by atoms with Crippen LogP contribution in [-0.4, -0.2) is 87.6 Å². The van der Waals surface area contributed by atoms with Crippen LogP contribution in [0.1, 0.15) is 12.8 Å². The number of morpholine rings is 1. The summed E-state index contributed by atoms with van der Waals surface area (Å²) in [4.78, 5) is 31.7. The van der Waals surface area contributed by atoms with Crippen LogP contribution in [0.3, 0.4) is 0 Å². The summed E-state index contributed by atoms with van der Waals surface area (Å²) in [5, 5.41) is 3.51. The average molecular weight is 345 g/mol. The lowest BCUT2D eigenvalue weighted by molar-refractivity contribution is -0.134. The Balaban J connectivity index is 1.38. The van der Waals surface area contributed by atoms with Crippen molar-refractivity contribution in [3.05, 3.63) is 12.7 Å². The Morgan fingerprint density at radius 1 is 1.40 bits per heavy atom. The van der Waals surface area contributed by atoms with E-state index in [-0.39, 0.29) is 12.0 Å². The zero-order valence-electron chi connectivity index (χ0n) is 14.5. The maximum absolute atomic E-state index is 11.9. The molecule has 4 heterocycles. The number of carbonyl (C=O) groups is 1. The van der Waals surface area contributed by atoms with Gasteiger partial charge in [-0.3, -0.25) is 9.69 Å². The van der Waals surface area contributed by atoms with E-state index in [1.165, 1.54) is 6.33 Å². The summed E-state index contributed by atoms with van der Waals surface area (Å²) in [5.41, 5.74) is 1.50.